The molecule has 1 aromatic heterocycles. The molecule has 0 amide bonds. The van der Waals surface area contributed by atoms with Crippen LogP contribution in [0.5, 0.6) is 0 Å². The van der Waals surface area contributed by atoms with Crippen LogP contribution in [0, 0.1) is 0 Å². The van der Waals surface area contributed by atoms with Gasteiger partial charge in [0.25, 0.3) is 0 Å². The summed E-state index contributed by atoms with van der Waals surface area (Å²) in [6.45, 7) is 2.74. The van der Waals surface area contributed by atoms with E-state index in [0.717, 1.165) is 35.1 Å². The number of para-hydroxylation sites is 1. The van der Waals surface area contributed by atoms with Crippen LogP contribution in [-0.2, 0) is 0 Å². The number of aromatic nitrogens is 1. The maximum atomic E-state index is 6.02. The summed E-state index contributed by atoms with van der Waals surface area (Å²) in [7, 11) is 1.98. The predicted octanol–water partition coefficient (Wildman–Crippen LogP) is 3.69. The standard InChI is InChI=1S/C15H15ClN4/c1-3-17-14-10-6-4-5-7-12(10)20(2)15-11(18-14)8-9-13(16)19-15/h4-9H,3H2,1-2H3,(H,17,18). The Kier molecular flexibility index (Phi) is 3.32. The summed E-state index contributed by atoms with van der Waals surface area (Å²) in [5.41, 5.74) is 3.02. The van der Waals surface area contributed by atoms with E-state index in [1.54, 1.807) is 6.07 Å². The molecule has 1 aromatic carbocycles. The zero-order valence-corrected chi connectivity index (χ0v) is 12.1. The van der Waals surface area contributed by atoms with Gasteiger partial charge in [-0.05, 0) is 31.2 Å². The topological polar surface area (TPSA) is 40.5 Å². The smallest absolute Gasteiger partial charge is 0.158 e. The minimum atomic E-state index is 0.478. The van der Waals surface area contributed by atoms with Gasteiger partial charge in [0.05, 0.1) is 11.4 Å². The van der Waals surface area contributed by atoms with Gasteiger partial charge in [-0.25, -0.2) is 4.98 Å². The Balaban J connectivity index is 2.25. The van der Waals surface area contributed by atoms with E-state index in [0.29, 0.717) is 5.15 Å². The van der Waals surface area contributed by atoms with Gasteiger partial charge in [-0.3, -0.25) is 4.99 Å². The van der Waals surface area contributed by atoms with Gasteiger partial charge in [0.15, 0.2) is 5.82 Å². The molecule has 5 heteroatoms. The van der Waals surface area contributed by atoms with Gasteiger partial charge < -0.3 is 10.2 Å². The Morgan fingerprint density at radius 1 is 1.25 bits per heavy atom. The van der Waals surface area contributed by atoms with Crippen molar-refractivity contribution in [3.8, 4) is 0 Å². The van der Waals surface area contributed by atoms with E-state index in [-0.39, 0.29) is 0 Å². The zero-order valence-electron chi connectivity index (χ0n) is 11.4. The van der Waals surface area contributed by atoms with Crippen LogP contribution in [-0.4, -0.2) is 24.4 Å². The van der Waals surface area contributed by atoms with Gasteiger partial charge in [-0.15, -0.1) is 0 Å². The third-order valence-corrected chi connectivity index (χ3v) is 3.46. The third kappa shape index (κ3) is 2.12. The van der Waals surface area contributed by atoms with Crippen molar-refractivity contribution in [3.63, 3.8) is 0 Å². The molecule has 2 aromatic rings. The monoisotopic (exact) mass is 286 g/mol. The molecule has 4 nitrogen and oxygen atoms in total. The Bertz CT molecular complexity index is 681. The summed E-state index contributed by atoms with van der Waals surface area (Å²) < 4.78 is 0. The quantitative estimate of drug-likeness (QED) is 0.813. The average Bonchev–Trinajstić information content (AvgIpc) is 2.57. The first-order chi connectivity index (χ1) is 9.70. The van der Waals surface area contributed by atoms with E-state index in [2.05, 4.69) is 27.4 Å². The van der Waals surface area contributed by atoms with Crippen LogP contribution in [0.4, 0.5) is 17.2 Å². The lowest BCUT2D eigenvalue weighted by molar-refractivity contribution is 1.12. The van der Waals surface area contributed by atoms with Gasteiger partial charge in [-0.1, -0.05) is 23.7 Å². The molecule has 0 radical (unpaired) electrons. The second-order valence-corrected chi connectivity index (χ2v) is 4.92. The van der Waals surface area contributed by atoms with E-state index in [9.17, 15) is 0 Å². The lowest BCUT2D eigenvalue weighted by Gasteiger charge is -2.19. The van der Waals surface area contributed by atoms with Gasteiger partial charge >= 0.3 is 0 Å². The SMILES string of the molecule is CCN=C1Nc2ccc(Cl)nc2N(C)c2ccccc21. The number of amidine groups is 1. The molecule has 0 spiro atoms. The molecule has 0 atom stereocenters. The van der Waals surface area contributed by atoms with Crippen molar-refractivity contribution in [2.24, 2.45) is 4.99 Å². The first kappa shape index (κ1) is 12.9. The summed E-state index contributed by atoms with van der Waals surface area (Å²) in [6.07, 6.45) is 0. The fraction of sp³-hybridized carbons (Fsp3) is 0.200. The normalized spacial score (nSPS) is 15.3. The largest absolute Gasteiger partial charge is 0.337 e. The molecule has 2 heterocycles. The lowest BCUT2D eigenvalue weighted by atomic mass is 10.1. The van der Waals surface area contributed by atoms with E-state index in [1.807, 2.05) is 37.1 Å². The molecule has 0 aliphatic carbocycles. The highest BCUT2D eigenvalue weighted by Crippen LogP contribution is 2.35. The molecule has 20 heavy (non-hydrogen) atoms. The highest BCUT2D eigenvalue weighted by molar-refractivity contribution is 6.29. The molecule has 3 rings (SSSR count). The summed E-state index contributed by atoms with van der Waals surface area (Å²) in [6, 6.07) is 11.8. The number of rotatable bonds is 1. The molecular formula is C15H15ClN4. The van der Waals surface area contributed by atoms with Crippen molar-refractivity contribution < 1.29 is 0 Å². The number of aliphatic imine (C=N–C) groups is 1. The van der Waals surface area contributed by atoms with Crippen LogP contribution in [0.1, 0.15) is 12.5 Å². The van der Waals surface area contributed by atoms with Gasteiger partial charge in [-0.2, -0.15) is 0 Å². The molecule has 1 aliphatic rings. The molecule has 1 N–H and O–H groups in total. The zero-order chi connectivity index (χ0) is 14.1. The third-order valence-electron chi connectivity index (χ3n) is 3.25. The summed E-state index contributed by atoms with van der Waals surface area (Å²) in [5.74, 6) is 1.66. The van der Waals surface area contributed by atoms with Crippen molar-refractivity contribution in [1.82, 2.24) is 4.98 Å². The maximum Gasteiger partial charge on any atom is 0.158 e. The van der Waals surface area contributed by atoms with Crippen molar-refractivity contribution in [2.45, 2.75) is 6.92 Å². The molecule has 102 valence electrons. The summed E-state index contributed by atoms with van der Waals surface area (Å²) >= 11 is 6.02. The van der Waals surface area contributed by atoms with Crippen molar-refractivity contribution in [3.05, 3.63) is 47.1 Å². The van der Waals surface area contributed by atoms with Crippen LogP contribution >= 0.6 is 11.6 Å². The van der Waals surface area contributed by atoms with Crippen LogP contribution in [0.2, 0.25) is 5.15 Å². The summed E-state index contributed by atoms with van der Waals surface area (Å²) in [4.78, 5) is 11.0. The molecule has 0 fully saturated rings. The fourth-order valence-electron chi connectivity index (χ4n) is 2.34. The van der Waals surface area contributed by atoms with E-state index in [4.69, 9.17) is 11.6 Å². The Hall–Kier alpha value is -2.07. The number of anilines is 3. The van der Waals surface area contributed by atoms with Crippen LogP contribution in [0.15, 0.2) is 41.4 Å². The van der Waals surface area contributed by atoms with Gasteiger partial charge in [0.1, 0.15) is 11.0 Å². The predicted molar refractivity (Wildman–Crippen MR) is 84.5 cm³/mol. The Morgan fingerprint density at radius 2 is 2.05 bits per heavy atom. The van der Waals surface area contributed by atoms with Crippen molar-refractivity contribution >= 4 is 34.6 Å². The lowest BCUT2D eigenvalue weighted by Crippen LogP contribution is -2.14. The molecule has 0 unspecified atom stereocenters. The highest BCUT2D eigenvalue weighted by Gasteiger charge is 2.22. The van der Waals surface area contributed by atoms with Crippen LogP contribution in [0.3, 0.4) is 0 Å². The first-order valence-corrected chi connectivity index (χ1v) is 6.89. The van der Waals surface area contributed by atoms with Crippen LogP contribution in [0.25, 0.3) is 0 Å². The van der Waals surface area contributed by atoms with Gasteiger partial charge in [0, 0.05) is 19.2 Å². The molecule has 0 saturated heterocycles. The van der Waals surface area contributed by atoms with Gasteiger partial charge in [0.2, 0.25) is 0 Å². The maximum absolute atomic E-state index is 6.02. The molecule has 0 saturated carbocycles. The Labute approximate surface area is 123 Å². The highest BCUT2D eigenvalue weighted by atomic mass is 35.5. The number of fused-ring (bicyclic) bond motifs is 2. The minimum absolute atomic E-state index is 0.478. The number of hydrogen-bond acceptors (Lipinski definition) is 3. The van der Waals surface area contributed by atoms with E-state index in [1.165, 1.54) is 0 Å². The first-order valence-electron chi connectivity index (χ1n) is 6.52. The number of nitrogens with one attached hydrogen (secondary N) is 1. The van der Waals surface area contributed by atoms with E-state index >= 15 is 0 Å². The summed E-state index contributed by atoms with van der Waals surface area (Å²) in [5, 5.41) is 3.84. The van der Waals surface area contributed by atoms with Crippen LogP contribution < -0.4 is 10.2 Å². The number of pyridine rings is 1. The number of nitrogens with zero attached hydrogens (tertiary/aromatic N) is 3. The number of benzene rings is 1. The average molecular weight is 287 g/mol. The van der Waals surface area contributed by atoms with E-state index < -0.39 is 0 Å². The molecule has 0 bridgehead atoms. The second-order valence-electron chi connectivity index (χ2n) is 4.53. The van der Waals surface area contributed by atoms with Crippen molar-refractivity contribution in [2.75, 3.05) is 23.8 Å². The Morgan fingerprint density at radius 3 is 2.85 bits per heavy atom. The minimum Gasteiger partial charge on any atom is -0.337 e. The number of halogens is 1. The fourth-order valence-corrected chi connectivity index (χ4v) is 2.48. The number of hydrogen-bond donors (Lipinski definition) is 1. The second kappa shape index (κ2) is 5.13. The molecular weight excluding hydrogens is 272 g/mol. The van der Waals surface area contributed by atoms with Crippen molar-refractivity contribution in [1.29, 1.82) is 0 Å². The molecule has 1 aliphatic heterocycles.